The summed E-state index contributed by atoms with van der Waals surface area (Å²) in [4.78, 5) is 7.52. The van der Waals surface area contributed by atoms with Crippen LogP contribution in [0.4, 0.5) is 5.69 Å². The molecule has 1 aliphatic heterocycles. The topological polar surface area (TPSA) is 19.0 Å². The minimum Gasteiger partial charge on any atom is -0.497 e. The third-order valence-corrected chi connectivity index (χ3v) is 4.90. The Morgan fingerprint density at radius 2 is 2.04 bits per heavy atom. The smallest absolute Gasteiger partial charge is 0.120 e. The molecular weight excluding hydrogens is 286 g/mol. The van der Waals surface area contributed by atoms with Gasteiger partial charge in [0, 0.05) is 36.9 Å². The predicted octanol–water partition coefficient (Wildman–Crippen LogP) is 2.94. The molecule has 0 spiro atoms. The van der Waals surface area contributed by atoms with Crippen LogP contribution in [-0.2, 0) is 0 Å². The Kier molecular flexibility index (Phi) is 6.31. The van der Waals surface area contributed by atoms with Gasteiger partial charge in [0.05, 0.1) is 7.11 Å². The molecule has 1 fully saturated rings. The summed E-state index contributed by atoms with van der Waals surface area (Å²) in [6, 6.07) is 8.43. The maximum atomic E-state index is 5.38. The first-order chi connectivity index (χ1) is 11.0. The standard InChI is InChI=1S/C19H33N3O/c1-6-20(4)11-8-12-21-13-14-22(19(2,3)16-21)17-9-7-10-18(15-17)23-5/h7,9-10,15H,6,8,11-14,16H2,1-5H3. The first kappa shape index (κ1) is 18.1. The molecule has 2 rings (SSSR count). The highest BCUT2D eigenvalue weighted by molar-refractivity contribution is 5.53. The molecule has 1 aliphatic rings. The van der Waals surface area contributed by atoms with Gasteiger partial charge in [-0.3, -0.25) is 4.90 Å². The van der Waals surface area contributed by atoms with E-state index in [0.717, 1.165) is 31.9 Å². The SMILES string of the molecule is CCN(C)CCCN1CCN(c2cccc(OC)c2)C(C)(C)C1. The van der Waals surface area contributed by atoms with Gasteiger partial charge in [0.25, 0.3) is 0 Å². The predicted molar refractivity (Wildman–Crippen MR) is 98.6 cm³/mol. The van der Waals surface area contributed by atoms with E-state index >= 15 is 0 Å². The number of anilines is 1. The van der Waals surface area contributed by atoms with E-state index in [-0.39, 0.29) is 5.54 Å². The maximum absolute atomic E-state index is 5.38. The molecule has 0 aliphatic carbocycles. The van der Waals surface area contributed by atoms with Gasteiger partial charge in [-0.1, -0.05) is 13.0 Å². The molecule has 4 heteroatoms. The molecule has 1 heterocycles. The van der Waals surface area contributed by atoms with Crippen molar-refractivity contribution in [3.63, 3.8) is 0 Å². The van der Waals surface area contributed by atoms with Gasteiger partial charge in [0.2, 0.25) is 0 Å². The van der Waals surface area contributed by atoms with Gasteiger partial charge in [-0.15, -0.1) is 0 Å². The zero-order valence-electron chi connectivity index (χ0n) is 15.5. The van der Waals surface area contributed by atoms with Gasteiger partial charge in [-0.25, -0.2) is 0 Å². The Bertz CT molecular complexity index is 489. The number of piperazine rings is 1. The molecule has 0 saturated carbocycles. The minimum absolute atomic E-state index is 0.140. The second kappa shape index (κ2) is 8.02. The number of ether oxygens (including phenoxy) is 1. The second-order valence-corrected chi connectivity index (χ2v) is 7.19. The molecule has 0 unspecified atom stereocenters. The van der Waals surface area contributed by atoms with Gasteiger partial charge >= 0.3 is 0 Å². The van der Waals surface area contributed by atoms with Crippen LogP contribution in [-0.4, -0.2) is 68.8 Å². The zero-order chi connectivity index (χ0) is 16.9. The number of hydrogen-bond acceptors (Lipinski definition) is 4. The lowest BCUT2D eigenvalue weighted by Gasteiger charge is -2.48. The van der Waals surface area contributed by atoms with Gasteiger partial charge in [-0.05, 0) is 59.1 Å². The lowest BCUT2D eigenvalue weighted by Crippen LogP contribution is -2.59. The number of hydrogen-bond donors (Lipinski definition) is 0. The average Bonchev–Trinajstić information content (AvgIpc) is 2.54. The van der Waals surface area contributed by atoms with Crippen molar-refractivity contribution in [3.8, 4) is 5.75 Å². The summed E-state index contributed by atoms with van der Waals surface area (Å²) in [7, 11) is 3.93. The highest BCUT2D eigenvalue weighted by Crippen LogP contribution is 2.30. The van der Waals surface area contributed by atoms with Gasteiger partial charge in [0.1, 0.15) is 5.75 Å². The van der Waals surface area contributed by atoms with Gasteiger partial charge < -0.3 is 14.5 Å². The van der Waals surface area contributed by atoms with Crippen LogP contribution >= 0.6 is 0 Å². The highest BCUT2D eigenvalue weighted by atomic mass is 16.5. The average molecular weight is 319 g/mol. The summed E-state index contributed by atoms with van der Waals surface area (Å²) >= 11 is 0. The van der Waals surface area contributed by atoms with Crippen LogP contribution in [0.2, 0.25) is 0 Å². The molecule has 0 amide bonds. The number of nitrogens with zero attached hydrogens (tertiary/aromatic N) is 3. The monoisotopic (exact) mass is 319 g/mol. The third-order valence-electron chi connectivity index (χ3n) is 4.90. The largest absolute Gasteiger partial charge is 0.497 e. The van der Waals surface area contributed by atoms with Crippen LogP contribution in [0.15, 0.2) is 24.3 Å². The van der Waals surface area contributed by atoms with Crippen LogP contribution in [0.1, 0.15) is 27.2 Å². The molecular formula is C19H33N3O. The van der Waals surface area contributed by atoms with E-state index in [1.807, 2.05) is 6.07 Å². The summed E-state index contributed by atoms with van der Waals surface area (Å²) in [5.41, 5.74) is 1.40. The van der Waals surface area contributed by atoms with Crippen LogP contribution in [0.25, 0.3) is 0 Å². The van der Waals surface area contributed by atoms with Crippen molar-refractivity contribution in [1.29, 1.82) is 0 Å². The Morgan fingerprint density at radius 1 is 1.26 bits per heavy atom. The van der Waals surface area contributed by atoms with Crippen LogP contribution in [0, 0.1) is 0 Å². The Morgan fingerprint density at radius 3 is 2.70 bits per heavy atom. The normalized spacial score (nSPS) is 18.4. The third kappa shape index (κ3) is 4.85. The summed E-state index contributed by atoms with van der Waals surface area (Å²) in [5, 5.41) is 0. The zero-order valence-corrected chi connectivity index (χ0v) is 15.5. The molecule has 0 bridgehead atoms. The number of rotatable bonds is 7. The first-order valence-electron chi connectivity index (χ1n) is 8.79. The summed E-state index contributed by atoms with van der Waals surface area (Å²) < 4.78 is 5.38. The van der Waals surface area contributed by atoms with Crippen molar-refractivity contribution in [2.24, 2.45) is 0 Å². The van der Waals surface area contributed by atoms with E-state index in [0.29, 0.717) is 0 Å². The lowest BCUT2D eigenvalue weighted by atomic mass is 9.97. The van der Waals surface area contributed by atoms with Gasteiger partial charge in [0.15, 0.2) is 0 Å². The quantitative estimate of drug-likeness (QED) is 0.769. The van der Waals surface area contributed by atoms with Crippen molar-refractivity contribution in [2.75, 3.05) is 58.3 Å². The van der Waals surface area contributed by atoms with Crippen molar-refractivity contribution >= 4 is 5.69 Å². The molecule has 1 aromatic carbocycles. The molecule has 0 aromatic heterocycles. The van der Waals surface area contributed by atoms with E-state index in [4.69, 9.17) is 4.74 Å². The van der Waals surface area contributed by atoms with Gasteiger partial charge in [-0.2, -0.15) is 0 Å². The lowest BCUT2D eigenvalue weighted by molar-refractivity contribution is 0.174. The molecule has 0 radical (unpaired) electrons. The van der Waals surface area contributed by atoms with Crippen LogP contribution in [0.5, 0.6) is 5.75 Å². The Hall–Kier alpha value is -1.26. The first-order valence-corrected chi connectivity index (χ1v) is 8.79. The van der Waals surface area contributed by atoms with E-state index in [2.05, 4.69) is 60.7 Å². The van der Waals surface area contributed by atoms with Crippen molar-refractivity contribution in [1.82, 2.24) is 9.80 Å². The fraction of sp³-hybridized carbons (Fsp3) is 0.684. The molecule has 23 heavy (non-hydrogen) atoms. The maximum Gasteiger partial charge on any atom is 0.120 e. The molecule has 1 aromatic rings. The number of benzene rings is 1. The Labute approximate surface area is 142 Å². The summed E-state index contributed by atoms with van der Waals surface area (Å²) in [6.07, 6.45) is 1.25. The van der Waals surface area contributed by atoms with Crippen molar-refractivity contribution in [3.05, 3.63) is 24.3 Å². The molecule has 4 nitrogen and oxygen atoms in total. The second-order valence-electron chi connectivity index (χ2n) is 7.19. The van der Waals surface area contributed by atoms with E-state index in [9.17, 15) is 0 Å². The minimum atomic E-state index is 0.140. The molecule has 0 atom stereocenters. The molecule has 1 saturated heterocycles. The van der Waals surface area contributed by atoms with Crippen molar-refractivity contribution < 1.29 is 4.74 Å². The Balaban J connectivity index is 1.94. The van der Waals surface area contributed by atoms with Crippen LogP contribution < -0.4 is 9.64 Å². The fourth-order valence-corrected chi connectivity index (χ4v) is 3.43. The van der Waals surface area contributed by atoms with E-state index in [1.165, 1.54) is 25.2 Å². The highest BCUT2D eigenvalue weighted by Gasteiger charge is 2.33. The summed E-state index contributed by atoms with van der Waals surface area (Å²) in [6.45, 7) is 13.7. The van der Waals surface area contributed by atoms with E-state index in [1.54, 1.807) is 7.11 Å². The molecule has 0 N–H and O–H groups in total. The van der Waals surface area contributed by atoms with E-state index < -0.39 is 0 Å². The number of methoxy groups -OCH3 is 1. The molecule has 130 valence electrons. The summed E-state index contributed by atoms with van der Waals surface area (Å²) in [5.74, 6) is 0.934. The fourth-order valence-electron chi connectivity index (χ4n) is 3.43. The van der Waals surface area contributed by atoms with Crippen molar-refractivity contribution in [2.45, 2.75) is 32.7 Å². The van der Waals surface area contributed by atoms with Crippen LogP contribution in [0.3, 0.4) is 0 Å².